The minimum Gasteiger partial charge on any atom is -0.507 e. The number of aliphatic hydroxyl groups is 1. The molecular formula is C14H8F2O4. The first-order chi connectivity index (χ1) is 9.34. The van der Waals surface area contributed by atoms with Gasteiger partial charge in [-0.3, -0.25) is 9.59 Å². The van der Waals surface area contributed by atoms with E-state index < -0.39 is 40.5 Å². The van der Waals surface area contributed by atoms with E-state index in [2.05, 4.69) is 0 Å². The number of carbonyl (C=O) groups excluding carboxylic acids is 2. The minimum absolute atomic E-state index is 0.257. The van der Waals surface area contributed by atoms with Crippen molar-refractivity contribution in [3.8, 4) is 5.75 Å². The Bertz CT molecular complexity index is 716. The summed E-state index contributed by atoms with van der Waals surface area (Å²) >= 11 is 0. The molecule has 0 fully saturated rings. The Hall–Kier alpha value is -2.34. The largest absolute Gasteiger partial charge is 0.507 e. The lowest BCUT2D eigenvalue weighted by molar-refractivity contribution is -0.00904. The molecule has 0 radical (unpaired) electrons. The molecule has 2 aliphatic carbocycles. The minimum atomic E-state index is -3.20. The van der Waals surface area contributed by atoms with E-state index in [1.807, 2.05) is 0 Å². The molecule has 0 saturated carbocycles. The van der Waals surface area contributed by atoms with E-state index in [-0.39, 0.29) is 11.1 Å². The zero-order chi connectivity index (χ0) is 14.7. The summed E-state index contributed by atoms with van der Waals surface area (Å²) in [4.78, 5) is 24.4. The second kappa shape index (κ2) is 3.83. The van der Waals surface area contributed by atoms with Gasteiger partial charge >= 0.3 is 0 Å². The van der Waals surface area contributed by atoms with Crippen LogP contribution in [-0.4, -0.2) is 33.8 Å². The molecule has 2 N–H and O–H groups in total. The molecule has 0 spiro atoms. The van der Waals surface area contributed by atoms with Gasteiger partial charge in [0.05, 0.1) is 16.7 Å². The number of aromatic hydroxyl groups is 1. The Morgan fingerprint density at radius 2 is 1.90 bits per heavy atom. The van der Waals surface area contributed by atoms with Gasteiger partial charge in [0.2, 0.25) is 0 Å². The van der Waals surface area contributed by atoms with Crippen LogP contribution in [0.15, 0.2) is 41.5 Å². The molecule has 0 amide bonds. The lowest BCUT2D eigenvalue weighted by Gasteiger charge is -2.30. The Morgan fingerprint density at radius 1 is 1.20 bits per heavy atom. The van der Waals surface area contributed by atoms with Crippen LogP contribution >= 0.6 is 0 Å². The molecule has 1 aromatic rings. The molecule has 0 bridgehead atoms. The molecule has 0 aromatic heterocycles. The number of ketones is 2. The fourth-order valence-electron chi connectivity index (χ4n) is 2.48. The topological polar surface area (TPSA) is 74.6 Å². The summed E-state index contributed by atoms with van der Waals surface area (Å²) in [5.41, 5.74) is -2.32. The van der Waals surface area contributed by atoms with Gasteiger partial charge in [-0.2, -0.15) is 0 Å². The maximum absolute atomic E-state index is 14.0. The number of fused-ring (bicyclic) bond motifs is 1. The number of allylic oxidation sites excluding steroid dienone is 2. The van der Waals surface area contributed by atoms with Gasteiger partial charge in [-0.15, -0.1) is 0 Å². The molecule has 0 aliphatic heterocycles. The molecular weight excluding hydrogens is 270 g/mol. The van der Waals surface area contributed by atoms with Crippen LogP contribution in [0, 0.1) is 0 Å². The number of hydrogen-bond donors (Lipinski definition) is 2. The number of halogens is 2. The predicted molar refractivity (Wildman–Crippen MR) is 63.9 cm³/mol. The normalized spacial score (nSPS) is 28.4. The Morgan fingerprint density at radius 3 is 2.60 bits per heavy atom. The highest BCUT2D eigenvalue weighted by molar-refractivity contribution is 6.29. The fourth-order valence-corrected chi connectivity index (χ4v) is 2.48. The average molecular weight is 278 g/mol. The molecule has 0 saturated heterocycles. The van der Waals surface area contributed by atoms with Crippen molar-refractivity contribution in [1.29, 1.82) is 0 Å². The van der Waals surface area contributed by atoms with Crippen molar-refractivity contribution in [2.24, 2.45) is 0 Å². The van der Waals surface area contributed by atoms with Crippen LogP contribution in [0.1, 0.15) is 20.7 Å². The maximum atomic E-state index is 14.0. The van der Waals surface area contributed by atoms with Crippen molar-refractivity contribution >= 4 is 11.6 Å². The molecule has 3 rings (SSSR count). The van der Waals surface area contributed by atoms with E-state index in [1.165, 1.54) is 18.2 Å². The predicted octanol–water partition coefficient (Wildman–Crippen LogP) is 1.63. The molecule has 2 atom stereocenters. The van der Waals surface area contributed by atoms with Crippen molar-refractivity contribution in [2.45, 2.75) is 12.0 Å². The number of phenols is 1. The van der Waals surface area contributed by atoms with Crippen LogP contribution in [0.25, 0.3) is 0 Å². The lowest BCUT2D eigenvalue weighted by Crippen LogP contribution is -2.39. The summed E-state index contributed by atoms with van der Waals surface area (Å²) in [5.74, 6) is -5.70. The molecule has 0 heterocycles. The zero-order valence-corrected chi connectivity index (χ0v) is 9.93. The van der Waals surface area contributed by atoms with Crippen LogP contribution in [0.4, 0.5) is 8.78 Å². The second-order valence-electron chi connectivity index (χ2n) is 4.58. The molecule has 102 valence electrons. The molecule has 2 unspecified atom stereocenters. The number of alkyl halides is 2. The van der Waals surface area contributed by atoms with Crippen LogP contribution < -0.4 is 0 Å². The molecule has 6 heteroatoms. The Balaban J connectivity index is 2.33. The molecule has 1 aromatic carbocycles. The average Bonchev–Trinajstić information content (AvgIpc) is 2.38. The van der Waals surface area contributed by atoms with E-state index in [4.69, 9.17) is 0 Å². The van der Waals surface area contributed by atoms with E-state index in [9.17, 15) is 28.6 Å². The van der Waals surface area contributed by atoms with Crippen LogP contribution in [-0.2, 0) is 0 Å². The highest BCUT2D eigenvalue weighted by Gasteiger charge is 2.48. The van der Waals surface area contributed by atoms with E-state index in [0.29, 0.717) is 12.2 Å². The van der Waals surface area contributed by atoms with Gasteiger partial charge in [-0.25, -0.2) is 8.78 Å². The zero-order valence-electron chi connectivity index (χ0n) is 9.93. The number of rotatable bonds is 0. The van der Waals surface area contributed by atoms with Crippen molar-refractivity contribution in [2.75, 3.05) is 0 Å². The highest BCUT2D eigenvalue weighted by Crippen LogP contribution is 2.41. The van der Waals surface area contributed by atoms with Crippen molar-refractivity contribution in [1.82, 2.24) is 0 Å². The standard InChI is InChI=1S/C14H8F2O4/c15-7-4-5-14(16,20)11-10(7)13(19)9-6(12(11)18)2-1-3-8(9)17/h1-5,7,17,20H. The first kappa shape index (κ1) is 12.7. The third kappa shape index (κ3) is 1.48. The van der Waals surface area contributed by atoms with Gasteiger partial charge in [0.15, 0.2) is 11.6 Å². The van der Waals surface area contributed by atoms with Crippen molar-refractivity contribution in [3.05, 3.63) is 52.6 Å². The molecule has 20 heavy (non-hydrogen) atoms. The fraction of sp³-hybridized carbons (Fsp3) is 0.143. The number of benzene rings is 1. The van der Waals surface area contributed by atoms with Gasteiger partial charge in [0.25, 0.3) is 5.85 Å². The van der Waals surface area contributed by atoms with E-state index in [1.54, 1.807) is 0 Å². The quantitative estimate of drug-likeness (QED) is 0.707. The number of Topliss-reactive ketones (excluding diaryl/α,β-unsaturated/α-hetero) is 2. The third-order valence-corrected chi connectivity index (χ3v) is 3.37. The van der Waals surface area contributed by atoms with E-state index in [0.717, 1.165) is 0 Å². The van der Waals surface area contributed by atoms with Crippen LogP contribution in [0.3, 0.4) is 0 Å². The smallest absolute Gasteiger partial charge is 0.256 e. The first-order valence-corrected chi connectivity index (χ1v) is 5.75. The van der Waals surface area contributed by atoms with Gasteiger partial charge in [-0.05, 0) is 18.2 Å². The van der Waals surface area contributed by atoms with Gasteiger partial charge < -0.3 is 10.2 Å². The summed E-state index contributed by atoms with van der Waals surface area (Å²) in [6.45, 7) is 0. The number of carbonyl (C=O) groups is 2. The summed E-state index contributed by atoms with van der Waals surface area (Å²) < 4.78 is 27.8. The summed E-state index contributed by atoms with van der Waals surface area (Å²) in [5, 5.41) is 19.2. The SMILES string of the molecule is O=C1C2=C(C(=O)c3c(O)cccc31)C(F)C=CC2(O)F. The number of hydrogen-bond acceptors (Lipinski definition) is 4. The van der Waals surface area contributed by atoms with Gasteiger partial charge in [0, 0.05) is 5.56 Å². The number of phenolic OH excluding ortho intramolecular Hbond substituents is 1. The lowest BCUT2D eigenvalue weighted by atomic mass is 9.76. The highest BCUT2D eigenvalue weighted by atomic mass is 19.2. The van der Waals surface area contributed by atoms with Gasteiger partial charge in [0.1, 0.15) is 11.9 Å². The Labute approximate surface area is 111 Å². The third-order valence-electron chi connectivity index (χ3n) is 3.37. The van der Waals surface area contributed by atoms with Crippen LogP contribution in [0.5, 0.6) is 5.75 Å². The summed E-state index contributed by atoms with van der Waals surface area (Å²) in [6, 6.07) is 3.68. The Kier molecular flexibility index (Phi) is 2.43. The molecule has 2 aliphatic rings. The van der Waals surface area contributed by atoms with E-state index >= 15 is 0 Å². The monoisotopic (exact) mass is 278 g/mol. The molecule has 4 nitrogen and oxygen atoms in total. The van der Waals surface area contributed by atoms with Gasteiger partial charge in [-0.1, -0.05) is 12.1 Å². The second-order valence-corrected chi connectivity index (χ2v) is 4.58. The van der Waals surface area contributed by atoms with Crippen molar-refractivity contribution < 1.29 is 28.6 Å². The van der Waals surface area contributed by atoms with Crippen molar-refractivity contribution in [3.63, 3.8) is 0 Å². The van der Waals surface area contributed by atoms with Crippen LogP contribution in [0.2, 0.25) is 0 Å². The first-order valence-electron chi connectivity index (χ1n) is 5.75. The maximum Gasteiger partial charge on any atom is 0.256 e. The summed E-state index contributed by atoms with van der Waals surface area (Å²) in [6.07, 6.45) is -0.852. The summed E-state index contributed by atoms with van der Waals surface area (Å²) in [7, 11) is 0.